The van der Waals surface area contributed by atoms with Crippen LogP contribution in [0.5, 0.6) is 11.5 Å². The molecule has 1 aromatic heterocycles. The van der Waals surface area contributed by atoms with E-state index in [1.165, 1.54) is 0 Å². The number of hydrogen-bond acceptors (Lipinski definition) is 5. The topological polar surface area (TPSA) is 77.4 Å². The van der Waals surface area contributed by atoms with Gasteiger partial charge in [-0.15, -0.1) is 0 Å². The second kappa shape index (κ2) is 8.23. The van der Waals surface area contributed by atoms with Crippen LogP contribution in [0.4, 0.5) is 5.82 Å². The number of carbonyl (C=O) groups excluding carboxylic acids is 1. The minimum atomic E-state index is 0.0556. The molecule has 1 aliphatic heterocycles. The fourth-order valence-corrected chi connectivity index (χ4v) is 3.22. The lowest BCUT2D eigenvalue weighted by atomic mass is 9.97. The number of carbonyl (C=O) groups is 1. The molecule has 26 heavy (non-hydrogen) atoms. The Kier molecular flexibility index (Phi) is 5.78. The van der Waals surface area contributed by atoms with Gasteiger partial charge in [-0.05, 0) is 50.6 Å². The highest BCUT2D eigenvalue weighted by Crippen LogP contribution is 2.28. The van der Waals surface area contributed by atoms with E-state index in [1.807, 2.05) is 29.8 Å². The van der Waals surface area contributed by atoms with Crippen LogP contribution in [0.3, 0.4) is 0 Å². The highest BCUT2D eigenvalue weighted by atomic mass is 16.5. The third kappa shape index (κ3) is 3.99. The molecule has 1 aromatic carbocycles. The molecule has 140 valence electrons. The number of benzene rings is 1. The molecule has 0 radical (unpaired) electrons. The summed E-state index contributed by atoms with van der Waals surface area (Å²) in [5.74, 6) is 2.24. The van der Waals surface area contributed by atoms with Gasteiger partial charge >= 0.3 is 0 Å². The van der Waals surface area contributed by atoms with Crippen molar-refractivity contribution in [2.24, 2.45) is 5.92 Å². The molecule has 0 aliphatic carbocycles. The monoisotopic (exact) mass is 358 g/mol. The van der Waals surface area contributed by atoms with Crippen LogP contribution in [-0.2, 0) is 11.3 Å². The molecule has 1 aliphatic rings. The van der Waals surface area contributed by atoms with Crippen LogP contribution in [-0.4, -0.2) is 43.0 Å². The highest BCUT2D eigenvalue weighted by Gasteiger charge is 2.22. The molecule has 7 nitrogen and oxygen atoms in total. The lowest BCUT2D eigenvalue weighted by Crippen LogP contribution is -2.35. The molecule has 0 spiro atoms. The van der Waals surface area contributed by atoms with E-state index < -0.39 is 0 Å². The second-order valence-corrected chi connectivity index (χ2v) is 6.54. The van der Waals surface area contributed by atoms with Gasteiger partial charge in [0.25, 0.3) is 0 Å². The Balaban J connectivity index is 1.76. The number of methoxy groups -OCH3 is 2. The minimum absolute atomic E-state index is 0.0556. The first kappa shape index (κ1) is 18.3. The SMILES string of the molecule is COc1ccc(Cn2ncc(C)c2NC(=O)C2CCNCC2)cc1OC. The van der Waals surface area contributed by atoms with Gasteiger partial charge in [0, 0.05) is 11.5 Å². The van der Waals surface area contributed by atoms with Crippen LogP contribution in [0, 0.1) is 12.8 Å². The standard InChI is InChI=1S/C19H26N4O3/c1-13-11-21-23(12-14-4-5-16(25-2)17(10-14)26-3)18(13)22-19(24)15-6-8-20-9-7-15/h4-5,10-11,15,20H,6-9,12H2,1-3H3,(H,22,24). The van der Waals surface area contributed by atoms with Gasteiger partial charge in [-0.25, -0.2) is 4.68 Å². The maximum absolute atomic E-state index is 12.6. The molecule has 2 heterocycles. The fraction of sp³-hybridized carbons (Fsp3) is 0.474. The van der Waals surface area contributed by atoms with Crippen molar-refractivity contribution in [3.05, 3.63) is 35.5 Å². The van der Waals surface area contributed by atoms with Gasteiger partial charge in [-0.1, -0.05) is 6.07 Å². The number of hydrogen-bond donors (Lipinski definition) is 2. The number of anilines is 1. The minimum Gasteiger partial charge on any atom is -0.493 e. The Hall–Kier alpha value is -2.54. The van der Waals surface area contributed by atoms with Gasteiger partial charge in [0.2, 0.25) is 5.91 Å². The van der Waals surface area contributed by atoms with E-state index in [-0.39, 0.29) is 11.8 Å². The van der Waals surface area contributed by atoms with Crippen molar-refractivity contribution in [3.63, 3.8) is 0 Å². The van der Waals surface area contributed by atoms with Crippen LogP contribution in [0.15, 0.2) is 24.4 Å². The molecule has 7 heteroatoms. The molecule has 0 bridgehead atoms. The quantitative estimate of drug-likeness (QED) is 0.828. The molecular formula is C19H26N4O3. The first-order valence-electron chi connectivity index (χ1n) is 8.87. The average Bonchev–Trinajstić information content (AvgIpc) is 3.02. The Morgan fingerprint density at radius 3 is 2.69 bits per heavy atom. The number of nitrogens with one attached hydrogen (secondary N) is 2. The normalized spacial score (nSPS) is 14.9. The number of rotatable bonds is 6. The Labute approximate surface area is 153 Å². The maximum Gasteiger partial charge on any atom is 0.228 e. The lowest BCUT2D eigenvalue weighted by Gasteiger charge is -2.22. The van der Waals surface area contributed by atoms with Gasteiger partial charge in [0.05, 0.1) is 27.0 Å². The molecule has 2 N–H and O–H groups in total. The third-order valence-corrected chi connectivity index (χ3v) is 4.75. The lowest BCUT2D eigenvalue weighted by molar-refractivity contribution is -0.120. The van der Waals surface area contributed by atoms with E-state index in [9.17, 15) is 4.79 Å². The molecule has 0 saturated carbocycles. The van der Waals surface area contributed by atoms with E-state index in [2.05, 4.69) is 15.7 Å². The van der Waals surface area contributed by atoms with E-state index in [0.717, 1.165) is 42.9 Å². The van der Waals surface area contributed by atoms with Crippen molar-refractivity contribution in [2.75, 3.05) is 32.6 Å². The Morgan fingerprint density at radius 2 is 2.00 bits per heavy atom. The van der Waals surface area contributed by atoms with Gasteiger partial charge in [0.1, 0.15) is 5.82 Å². The number of nitrogens with zero attached hydrogens (tertiary/aromatic N) is 2. The summed E-state index contributed by atoms with van der Waals surface area (Å²) < 4.78 is 12.5. The van der Waals surface area contributed by atoms with Crippen molar-refractivity contribution in [3.8, 4) is 11.5 Å². The summed E-state index contributed by atoms with van der Waals surface area (Å²) in [6.07, 6.45) is 3.52. The summed E-state index contributed by atoms with van der Waals surface area (Å²) in [4.78, 5) is 12.6. The first-order chi connectivity index (χ1) is 12.6. The number of aromatic nitrogens is 2. The van der Waals surface area contributed by atoms with Crippen molar-refractivity contribution < 1.29 is 14.3 Å². The third-order valence-electron chi connectivity index (χ3n) is 4.75. The molecule has 0 atom stereocenters. The van der Waals surface area contributed by atoms with E-state index >= 15 is 0 Å². The van der Waals surface area contributed by atoms with Gasteiger partial charge in [0.15, 0.2) is 11.5 Å². The number of aryl methyl sites for hydroxylation is 1. The molecule has 2 aromatic rings. The zero-order valence-electron chi connectivity index (χ0n) is 15.5. The summed E-state index contributed by atoms with van der Waals surface area (Å²) in [6, 6.07) is 5.77. The van der Waals surface area contributed by atoms with Crippen LogP contribution in [0.1, 0.15) is 24.0 Å². The summed E-state index contributed by atoms with van der Waals surface area (Å²) >= 11 is 0. The van der Waals surface area contributed by atoms with Crippen molar-refractivity contribution in [1.29, 1.82) is 0 Å². The van der Waals surface area contributed by atoms with E-state index in [0.29, 0.717) is 18.0 Å². The smallest absolute Gasteiger partial charge is 0.228 e. The zero-order chi connectivity index (χ0) is 18.5. The van der Waals surface area contributed by atoms with Gasteiger partial charge in [-0.2, -0.15) is 5.10 Å². The predicted octanol–water partition coefficient (Wildman–Crippen LogP) is 2.20. The van der Waals surface area contributed by atoms with E-state index in [4.69, 9.17) is 9.47 Å². The number of ether oxygens (including phenoxy) is 2. The molecular weight excluding hydrogens is 332 g/mol. The largest absolute Gasteiger partial charge is 0.493 e. The Bertz CT molecular complexity index is 766. The predicted molar refractivity (Wildman–Crippen MR) is 99.8 cm³/mol. The number of amides is 1. The summed E-state index contributed by atoms with van der Waals surface area (Å²) in [6.45, 7) is 4.27. The maximum atomic E-state index is 12.6. The zero-order valence-corrected chi connectivity index (χ0v) is 15.5. The van der Waals surface area contributed by atoms with Crippen LogP contribution < -0.4 is 20.1 Å². The summed E-state index contributed by atoms with van der Waals surface area (Å²) in [7, 11) is 3.23. The Morgan fingerprint density at radius 1 is 1.27 bits per heavy atom. The molecule has 1 fully saturated rings. The summed E-state index contributed by atoms with van der Waals surface area (Å²) in [5, 5.41) is 10.8. The van der Waals surface area contributed by atoms with Crippen LogP contribution >= 0.6 is 0 Å². The number of piperidine rings is 1. The van der Waals surface area contributed by atoms with Gasteiger partial charge in [-0.3, -0.25) is 4.79 Å². The van der Waals surface area contributed by atoms with Gasteiger partial charge < -0.3 is 20.1 Å². The molecule has 1 saturated heterocycles. The molecule has 3 rings (SSSR count). The molecule has 1 amide bonds. The van der Waals surface area contributed by atoms with Crippen LogP contribution in [0.2, 0.25) is 0 Å². The highest BCUT2D eigenvalue weighted by molar-refractivity contribution is 5.92. The van der Waals surface area contributed by atoms with Crippen molar-refractivity contribution >= 4 is 11.7 Å². The first-order valence-corrected chi connectivity index (χ1v) is 8.87. The van der Waals surface area contributed by atoms with Crippen molar-refractivity contribution in [1.82, 2.24) is 15.1 Å². The second-order valence-electron chi connectivity index (χ2n) is 6.54. The fourth-order valence-electron chi connectivity index (χ4n) is 3.22. The van der Waals surface area contributed by atoms with Crippen molar-refractivity contribution in [2.45, 2.75) is 26.3 Å². The summed E-state index contributed by atoms with van der Waals surface area (Å²) in [5.41, 5.74) is 1.97. The average molecular weight is 358 g/mol. The van der Waals surface area contributed by atoms with Crippen LogP contribution in [0.25, 0.3) is 0 Å². The molecule has 0 unspecified atom stereocenters. The van der Waals surface area contributed by atoms with E-state index in [1.54, 1.807) is 20.4 Å².